The number of amides is 1. The van der Waals surface area contributed by atoms with Gasteiger partial charge in [0.05, 0.1) is 16.3 Å². The van der Waals surface area contributed by atoms with Gasteiger partial charge in [-0.15, -0.1) is 0 Å². The van der Waals surface area contributed by atoms with E-state index >= 15 is 0 Å². The molecule has 0 fully saturated rings. The maximum atomic E-state index is 14.6. The van der Waals surface area contributed by atoms with Crippen molar-refractivity contribution in [2.75, 3.05) is 18.4 Å². The summed E-state index contributed by atoms with van der Waals surface area (Å²) in [5, 5.41) is 10.3. The molecule has 0 saturated heterocycles. The molecule has 1 aliphatic heterocycles. The van der Waals surface area contributed by atoms with Crippen molar-refractivity contribution in [1.82, 2.24) is 10.6 Å². The van der Waals surface area contributed by atoms with Gasteiger partial charge >= 0.3 is 0 Å². The average Bonchev–Trinajstić information content (AvgIpc) is 2.92. The summed E-state index contributed by atoms with van der Waals surface area (Å²) < 4.78 is 14.6. The van der Waals surface area contributed by atoms with Crippen molar-refractivity contribution in [3.05, 3.63) is 63.4 Å². The molecule has 0 aromatic heterocycles. The molecule has 3 rings (SSSR count). The van der Waals surface area contributed by atoms with Crippen molar-refractivity contribution in [3.8, 4) is 0 Å². The van der Waals surface area contributed by atoms with Gasteiger partial charge in [0.25, 0.3) is 5.91 Å². The molecular formula is C24H31ClFN3O. The first-order valence-corrected chi connectivity index (χ1v) is 11.1. The van der Waals surface area contributed by atoms with Gasteiger partial charge in [-0.05, 0) is 80.1 Å². The monoisotopic (exact) mass is 431 g/mol. The van der Waals surface area contributed by atoms with Gasteiger partial charge in [-0.1, -0.05) is 37.6 Å². The fraction of sp³-hybridized carbons (Fsp3) is 0.458. The zero-order valence-corrected chi connectivity index (χ0v) is 18.7. The molecule has 0 spiro atoms. The van der Waals surface area contributed by atoms with Crippen molar-refractivity contribution in [2.24, 2.45) is 5.92 Å². The molecule has 0 aliphatic carbocycles. The minimum absolute atomic E-state index is 0.00298. The molecule has 4 nitrogen and oxygen atoms in total. The Kier molecular flexibility index (Phi) is 7.73. The van der Waals surface area contributed by atoms with Crippen LogP contribution in [0.2, 0.25) is 5.02 Å². The van der Waals surface area contributed by atoms with Crippen LogP contribution in [-0.2, 0) is 19.4 Å². The van der Waals surface area contributed by atoms with Crippen LogP contribution in [0.4, 0.5) is 10.1 Å². The van der Waals surface area contributed by atoms with E-state index in [1.165, 1.54) is 17.2 Å². The Morgan fingerprint density at radius 1 is 1.17 bits per heavy atom. The van der Waals surface area contributed by atoms with Gasteiger partial charge in [-0.3, -0.25) is 4.79 Å². The van der Waals surface area contributed by atoms with Crippen LogP contribution in [0.25, 0.3) is 0 Å². The number of rotatable bonds is 7. The molecule has 0 saturated carbocycles. The maximum Gasteiger partial charge on any atom is 0.254 e. The summed E-state index contributed by atoms with van der Waals surface area (Å²) in [6.45, 7) is 8.44. The van der Waals surface area contributed by atoms with Gasteiger partial charge in [0.2, 0.25) is 0 Å². The van der Waals surface area contributed by atoms with Crippen LogP contribution in [0.1, 0.15) is 54.2 Å². The Morgan fingerprint density at radius 3 is 2.67 bits per heavy atom. The van der Waals surface area contributed by atoms with Gasteiger partial charge in [0, 0.05) is 12.6 Å². The van der Waals surface area contributed by atoms with Crippen LogP contribution in [0, 0.1) is 11.7 Å². The standard InChI is InChI=1S/C24H31ClFN3O/c1-15(2)12-16(3)29-24(30)20-6-4-17(13-22(20)26)14-28-23-19-9-11-27-10-8-18(19)5-7-21(23)25/h4-7,13,15-16,27-28H,8-12,14H2,1-3H3,(H,29,30). The predicted molar refractivity (Wildman–Crippen MR) is 122 cm³/mol. The van der Waals surface area contributed by atoms with E-state index in [9.17, 15) is 9.18 Å². The van der Waals surface area contributed by atoms with E-state index in [0.29, 0.717) is 17.5 Å². The van der Waals surface area contributed by atoms with Crippen molar-refractivity contribution >= 4 is 23.2 Å². The van der Waals surface area contributed by atoms with Crippen LogP contribution < -0.4 is 16.0 Å². The summed E-state index contributed by atoms with van der Waals surface area (Å²) in [7, 11) is 0. The molecule has 1 unspecified atom stereocenters. The summed E-state index contributed by atoms with van der Waals surface area (Å²) in [5.74, 6) is -0.413. The molecule has 162 valence electrons. The second kappa shape index (κ2) is 10.3. The second-order valence-corrected chi connectivity index (χ2v) is 8.89. The van der Waals surface area contributed by atoms with E-state index in [-0.39, 0.29) is 17.5 Å². The van der Waals surface area contributed by atoms with E-state index in [2.05, 4.69) is 35.9 Å². The lowest BCUT2D eigenvalue weighted by Gasteiger charge is -2.17. The number of hydrogen-bond acceptors (Lipinski definition) is 3. The molecule has 1 heterocycles. The molecule has 30 heavy (non-hydrogen) atoms. The number of anilines is 1. The van der Waals surface area contributed by atoms with Crippen LogP contribution in [-0.4, -0.2) is 25.0 Å². The molecule has 2 aromatic rings. The Balaban J connectivity index is 1.69. The predicted octanol–water partition coefficient (Wildman–Crippen LogP) is 4.94. The summed E-state index contributed by atoms with van der Waals surface area (Å²) in [5.41, 5.74) is 4.28. The van der Waals surface area contributed by atoms with E-state index in [1.54, 1.807) is 12.1 Å². The highest BCUT2D eigenvalue weighted by Crippen LogP contribution is 2.31. The zero-order valence-electron chi connectivity index (χ0n) is 17.9. The third-order valence-corrected chi connectivity index (χ3v) is 5.75. The summed E-state index contributed by atoms with van der Waals surface area (Å²) in [4.78, 5) is 12.4. The third kappa shape index (κ3) is 5.73. The lowest BCUT2D eigenvalue weighted by molar-refractivity contribution is 0.0932. The first-order chi connectivity index (χ1) is 14.3. The molecule has 1 aliphatic rings. The Morgan fingerprint density at radius 2 is 1.93 bits per heavy atom. The maximum absolute atomic E-state index is 14.6. The number of fused-ring (bicyclic) bond motifs is 1. The van der Waals surface area contributed by atoms with Gasteiger partial charge in [-0.2, -0.15) is 0 Å². The summed E-state index contributed by atoms with van der Waals surface area (Å²) in [6.07, 6.45) is 2.72. The minimum Gasteiger partial charge on any atom is -0.380 e. The van der Waals surface area contributed by atoms with Crippen LogP contribution >= 0.6 is 11.6 Å². The largest absolute Gasteiger partial charge is 0.380 e. The minimum atomic E-state index is -0.509. The topological polar surface area (TPSA) is 53.2 Å². The fourth-order valence-electron chi connectivity index (χ4n) is 4.05. The van der Waals surface area contributed by atoms with Crippen molar-refractivity contribution in [3.63, 3.8) is 0 Å². The average molecular weight is 432 g/mol. The van der Waals surface area contributed by atoms with E-state index in [1.807, 2.05) is 13.0 Å². The molecule has 6 heteroatoms. The van der Waals surface area contributed by atoms with E-state index in [0.717, 1.165) is 43.6 Å². The normalized spacial score (nSPS) is 14.7. The third-order valence-electron chi connectivity index (χ3n) is 5.43. The number of nitrogens with one attached hydrogen (secondary N) is 3. The highest BCUT2D eigenvalue weighted by molar-refractivity contribution is 6.33. The fourth-order valence-corrected chi connectivity index (χ4v) is 4.29. The molecule has 0 radical (unpaired) electrons. The number of hydrogen-bond donors (Lipinski definition) is 3. The van der Waals surface area contributed by atoms with Crippen LogP contribution in [0.5, 0.6) is 0 Å². The Bertz CT molecular complexity index is 900. The van der Waals surface area contributed by atoms with Gasteiger partial charge < -0.3 is 16.0 Å². The molecular weight excluding hydrogens is 401 g/mol. The number of carbonyl (C=O) groups is 1. The Hall–Kier alpha value is -2.11. The quantitative estimate of drug-likeness (QED) is 0.581. The SMILES string of the molecule is CC(C)CC(C)NC(=O)c1ccc(CNc2c(Cl)ccc3c2CCNCC3)cc1F. The van der Waals surface area contributed by atoms with Crippen LogP contribution in [0.3, 0.4) is 0 Å². The number of carbonyl (C=O) groups excluding carboxylic acids is 1. The summed E-state index contributed by atoms with van der Waals surface area (Å²) in [6, 6.07) is 8.77. The van der Waals surface area contributed by atoms with Gasteiger partial charge in [-0.25, -0.2) is 4.39 Å². The lowest BCUT2D eigenvalue weighted by atomic mass is 10.0. The lowest BCUT2D eigenvalue weighted by Crippen LogP contribution is -2.34. The number of benzene rings is 2. The molecule has 1 amide bonds. The molecule has 0 bridgehead atoms. The zero-order chi connectivity index (χ0) is 21.7. The number of halogens is 2. The smallest absolute Gasteiger partial charge is 0.254 e. The first-order valence-electron chi connectivity index (χ1n) is 10.7. The first kappa shape index (κ1) is 22.6. The molecule has 2 aromatic carbocycles. The second-order valence-electron chi connectivity index (χ2n) is 8.48. The van der Waals surface area contributed by atoms with Gasteiger partial charge in [0.1, 0.15) is 5.82 Å². The van der Waals surface area contributed by atoms with Crippen molar-refractivity contribution in [2.45, 2.75) is 52.6 Å². The van der Waals surface area contributed by atoms with E-state index < -0.39 is 5.82 Å². The molecule has 3 N–H and O–H groups in total. The van der Waals surface area contributed by atoms with Crippen molar-refractivity contribution < 1.29 is 9.18 Å². The molecule has 1 atom stereocenters. The van der Waals surface area contributed by atoms with Crippen LogP contribution in [0.15, 0.2) is 30.3 Å². The highest BCUT2D eigenvalue weighted by atomic mass is 35.5. The van der Waals surface area contributed by atoms with Crippen molar-refractivity contribution in [1.29, 1.82) is 0 Å². The summed E-state index contributed by atoms with van der Waals surface area (Å²) >= 11 is 6.45. The highest BCUT2D eigenvalue weighted by Gasteiger charge is 2.17. The Labute approximate surface area is 183 Å². The van der Waals surface area contributed by atoms with E-state index in [4.69, 9.17) is 11.6 Å². The van der Waals surface area contributed by atoms with Gasteiger partial charge in [0.15, 0.2) is 0 Å².